The minimum atomic E-state index is -4.79. The fraction of sp³-hybridized carbons (Fsp3) is 0.444. The van der Waals surface area contributed by atoms with Crippen molar-refractivity contribution >= 4 is 29.3 Å². The smallest absolute Gasteiger partial charge is 0.357 e. The number of fused-ring (bicyclic) bond motifs is 3. The van der Waals surface area contributed by atoms with Gasteiger partial charge in [0, 0.05) is 36.8 Å². The maximum absolute atomic E-state index is 14.0. The zero-order valence-corrected chi connectivity index (χ0v) is 24.3. The highest BCUT2D eigenvalue weighted by Gasteiger charge is 2.44. The molecule has 44 heavy (non-hydrogen) atoms. The van der Waals surface area contributed by atoms with Crippen molar-refractivity contribution in [1.82, 2.24) is 34.7 Å². The number of alkyl halides is 6. The second-order valence-electron chi connectivity index (χ2n) is 10.7. The Morgan fingerprint density at radius 3 is 2.48 bits per heavy atom. The largest absolute Gasteiger partial charge is 0.417 e. The summed E-state index contributed by atoms with van der Waals surface area (Å²) in [6.45, 7) is 1.57. The summed E-state index contributed by atoms with van der Waals surface area (Å²) >= 11 is 5.73. The van der Waals surface area contributed by atoms with E-state index in [2.05, 4.69) is 15.5 Å². The number of amides is 3. The third-order valence-electron chi connectivity index (χ3n) is 7.80. The molecular weight excluding hydrogens is 620 g/mol. The molecule has 1 N–H and O–H groups in total. The summed E-state index contributed by atoms with van der Waals surface area (Å²) < 4.78 is 81.1. The van der Waals surface area contributed by atoms with Crippen molar-refractivity contribution in [2.75, 3.05) is 13.6 Å². The number of carbonyl (C=O) groups is 3. The molecule has 236 valence electrons. The van der Waals surface area contributed by atoms with E-state index in [0.717, 1.165) is 12.3 Å². The number of aromatic nitrogens is 4. The van der Waals surface area contributed by atoms with Gasteiger partial charge in [-0.3, -0.25) is 19.1 Å². The average Bonchev–Trinajstić information content (AvgIpc) is 3.54. The molecule has 0 fully saturated rings. The van der Waals surface area contributed by atoms with Gasteiger partial charge in [0.1, 0.15) is 18.3 Å². The van der Waals surface area contributed by atoms with Crippen LogP contribution in [0.1, 0.15) is 69.3 Å². The van der Waals surface area contributed by atoms with E-state index in [4.69, 9.17) is 11.6 Å². The summed E-state index contributed by atoms with van der Waals surface area (Å²) in [5, 5.41) is 10.5. The fourth-order valence-electron chi connectivity index (χ4n) is 5.54. The van der Waals surface area contributed by atoms with Crippen LogP contribution in [0.3, 0.4) is 0 Å². The molecule has 5 rings (SSSR count). The summed E-state index contributed by atoms with van der Waals surface area (Å²) in [4.78, 5) is 43.0. The van der Waals surface area contributed by atoms with Gasteiger partial charge in [-0.2, -0.15) is 36.5 Å². The summed E-state index contributed by atoms with van der Waals surface area (Å²) in [5.74, 6) is -1.80. The monoisotopic (exact) mass is 645 g/mol. The SMILES string of the molecule is CNC(=O)[C@@H]1CN(C(C)c2ccn(CC(F)(F)F)n2)C(=O)c2c3c(nn21)C[C@@H](C)N(C(=O)c1ccc(Cl)c(C(F)(F)F)c1)C3. The summed E-state index contributed by atoms with van der Waals surface area (Å²) in [7, 11) is 1.40. The minimum absolute atomic E-state index is 0.00166. The molecule has 17 heteroatoms. The van der Waals surface area contributed by atoms with E-state index < -0.39 is 65.3 Å². The van der Waals surface area contributed by atoms with Gasteiger partial charge in [0.25, 0.3) is 11.8 Å². The first kappa shape index (κ1) is 31.3. The third-order valence-corrected chi connectivity index (χ3v) is 8.13. The number of hydrogen-bond acceptors (Lipinski definition) is 5. The van der Waals surface area contributed by atoms with Crippen LogP contribution >= 0.6 is 11.6 Å². The van der Waals surface area contributed by atoms with E-state index in [0.29, 0.717) is 22.0 Å². The number of halogens is 7. The summed E-state index contributed by atoms with van der Waals surface area (Å²) in [6, 6.07) is 1.81. The molecule has 0 spiro atoms. The van der Waals surface area contributed by atoms with Crippen molar-refractivity contribution in [2.45, 2.75) is 63.8 Å². The molecule has 10 nitrogen and oxygen atoms in total. The zero-order chi connectivity index (χ0) is 32.3. The van der Waals surface area contributed by atoms with Crippen LogP contribution in [0.4, 0.5) is 26.3 Å². The Kier molecular flexibility index (Phi) is 7.93. The third kappa shape index (κ3) is 5.74. The summed E-state index contributed by atoms with van der Waals surface area (Å²) in [6.07, 6.45) is -8.01. The van der Waals surface area contributed by atoms with Gasteiger partial charge in [0.05, 0.1) is 41.1 Å². The molecule has 2 aliphatic heterocycles. The quantitative estimate of drug-likeness (QED) is 0.414. The average molecular weight is 646 g/mol. The molecule has 1 unspecified atom stereocenters. The predicted molar refractivity (Wildman–Crippen MR) is 143 cm³/mol. The van der Waals surface area contributed by atoms with E-state index in [1.807, 2.05) is 0 Å². The maximum Gasteiger partial charge on any atom is 0.417 e. The lowest BCUT2D eigenvalue weighted by Gasteiger charge is -2.37. The van der Waals surface area contributed by atoms with E-state index in [9.17, 15) is 40.7 Å². The minimum Gasteiger partial charge on any atom is -0.357 e. The molecule has 3 atom stereocenters. The Hall–Kier alpha value is -4.08. The number of carbonyl (C=O) groups excluding carboxylic acids is 3. The summed E-state index contributed by atoms with van der Waals surface area (Å²) in [5.41, 5.74) is -0.497. The molecule has 2 aliphatic rings. The highest BCUT2D eigenvalue weighted by atomic mass is 35.5. The highest BCUT2D eigenvalue weighted by Crippen LogP contribution is 2.38. The molecule has 0 aliphatic carbocycles. The van der Waals surface area contributed by atoms with E-state index in [-0.39, 0.29) is 36.5 Å². The van der Waals surface area contributed by atoms with Gasteiger partial charge in [0.15, 0.2) is 0 Å². The van der Waals surface area contributed by atoms with Crippen LogP contribution in [0.5, 0.6) is 0 Å². The Balaban J connectivity index is 1.50. The van der Waals surface area contributed by atoms with Crippen molar-refractivity contribution in [3.8, 4) is 0 Å². The Labute approximate surface area is 251 Å². The van der Waals surface area contributed by atoms with E-state index in [1.54, 1.807) is 13.8 Å². The maximum atomic E-state index is 14.0. The highest BCUT2D eigenvalue weighted by molar-refractivity contribution is 6.31. The van der Waals surface area contributed by atoms with Crippen LogP contribution in [0, 0.1) is 0 Å². The molecule has 1 aromatic carbocycles. The molecule has 0 bridgehead atoms. The van der Waals surface area contributed by atoms with Gasteiger partial charge in [-0.15, -0.1) is 0 Å². The Bertz CT molecular complexity index is 1630. The van der Waals surface area contributed by atoms with Gasteiger partial charge in [0.2, 0.25) is 5.91 Å². The zero-order valence-electron chi connectivity index (χ0n) is 23.5. The van der Waals surface area contributed by atoms with Gasteiger partial charge in [-0.05, 0) is 38.1 Å². The van der Waals surface area contributed by atoms with Crippen LogP contribution in [-0.4, -0.2) is 72.9 Å². The lowest BCUT2D eigenvalue weighted by molar-refractivity contribution is -0.142. The van der Waals surface area contributed by atoms with Crippen molar-refractivity contribution < 1.29 is 40.7 Å². The molecule has 0 radical (unpaired) electrons. The number of likely N-dealkylation sites (N-methyl/N-ethyl adjacent to an activating group) is 1. The standard InChI is InChI=1S/C27H26ClF6N7O3/c1-13-8-20-16(10-39(13)24(43)15-4-5-18(28)17(9-15)27(32,33)34)22-25(44)40(11-21(23(42)35-3)41(22)37-20)14(2)19-6-7-38(36-19)12-26(29,30)31/h4-7,9,13-14,21H,8,10-12H2,1-3H3,(H,35,42)/t13-,14?,21+/m1/s1. The lowest BCUT2D eigenvalue weighted by atomic mass is 9.96. The second kappa shape index (κ2) is 11.1. The topological polar surface area (TPSA) is 105 Å². The number of rotatable bonds is 5. The first-order chi connectivity index (χ1) is 20.5. The number of benzene rings is 1. The van der Waals surface area contributed by atoms with E-state index >= 15 is 0 Å². The number of nitrogens with zero attached hydrogens (tertiary/aromatic N) is 6. The van der Waals surface area contributed by atoms with Gasteiger partial charge < -0.3 is 15.1 Å². The lowest BCUT2D eigenvalue weighted by Crippen LogP contribution is -2.49. The number of hydrogen-bond donors (Lipinski definition) is 1. The van der Waals surface area contributed by atoms with Crippen molar-refractivity contribution in [3.63, 3.8) is 0 Å². The fourth-order valence-corrected chi connectivity index (χ4v) is 5.76. The van der Waals surface area contributed by atoms with Crippen molar-refractivity contribution in [1.29, 1.82) is 0 Å². The normalized spacial score (nSPS) is 19.5. The molecule has 3 aromatic rings. The Morgan fingerprint density at radius 2 is 1.84 bits per heavy atom. The van der Waals surface area contributed by atoms with Gasteiger partial charge in [-0.25, -0.2) is 4.68 Å². The van der Waals surface area contributed by atoms with Crippen LogP contribution in [0.2, 0.25) is 5.02 Å². The molecule has 2 aromatic heterocycles. The van der Waals surface area contributed by atoms with Crippen LogP contribution in [0.25, 0.3) is 0 Å². The van der Waals surface area contributed by atoms with Gasteiger partial charge in [-0.1, -0.05) is 11.6 Å². The number of nitrogens with one attached hydrogen (secondary N) is 1. The molecule has 0 saturated carbocycles. The molecule has 4 heterocycles. The Morgan fingerprint density at radius 1 is 1.14 bits per heavy atom. The molecule has 0 saturated heterocycles. The van der Waals surface area contributed by atoms with Crippen LogP contribution < -0.4 is 5.32 Å². The predicted octanol–water partition coefficient (Wildman–Crippen LogP) is 4.41. The van der Waals surface area contributed by atoms with E-state index in [1.165, 1.54) is 33.7 Å². The molecular formula is C27H26ClF6N7O3. The van der Waals surface area contributed by atoms with Crippen LogP contribution in [0.15, 0.2) is 30.5 Å². The first-order valence-corrected chi connectivity index (χ1v) is 13.8. The van der Waals surface area contributed by atoms with Crippen molar-refractivity contribution in [2.24, 2.45) is 0 Å². The first-order valence-electron chi connectivity index (χ1n) is 13.4. The van der Waals surface area contributed by atoms with Crippen molar-refractivity contribution in [3.05, 3.63) is 69.3 Å². The van der Waals surface area contributed by atoms with Gasteiger partial charge >= 0.3 is 12.4 Å². The van der Waals surface area contributed by atoms with Crippen LogP contribution in [-0.2, 0) is 30.5 Å². The second-order valence-corrected chi connectivity index (χ2v) is 11.1. The molecule has 3 amide bonds.